The molecule has 0 aromatic carbocycles. The van der Waals surface area contributed by atoms with Gasteiger partial charge in [-0.1, -0.05) is 6.92 Å². The zero-order valence-electron chi connectivity index (χ0n) is 18.8. The third kappa shape index (κ3) is 5.33. The van der Waals surface area contributed by atoms with Gasteiger partial charge in [0.05, 0.1) is 25.0 Å². The van der Waals surface area contributed by atoms with Crippen molar-refractivity contribution in [1.29, 1.82) is 0 Å². The Balaban J connectivity index is 1.25. The van der Waals surface area contributed by atoms with E-state index < -0.39 is 10.0 Å². The summed E-state index contributed by atoms with van der Waals surface area (Å²) in [5.41, 5.74) is 1.36. The summed E-state index contributed by atoms with van der Waals surface area (Å²) in [6.45, 7) is 7.30. The van der Waals surface area contributed by atoms with Gasteiger partial charge < -0.3 is 15.0 Å². The number of carbonyl (C=O) groups is 1. The number of rotatable bonds is 7. The van der Waals surface area contributed by atoms with Crippen LogP contribution in [-0.2, 0) is 38.0 Å². The molecule has 9 heteroatoms. The standard InChI is InChI=1S/C22H35N3O4S2/c1-4-18-11-19-20(30-18)5-8-29-22(19)6-7-25(15(2)12-22)14-16-9-17(10-16)24-21(26)13-23-31(3,27)28/h11,15-17,23H,4-10,12-14H2,1-3H3,(H,24,26)/t15-,16?,17?,22+/m0/s1. The molecule has 1 spiro atoms. The molecule has 1 saturated heterocycles. The predicted molar refractivity (Wildman–Crippen MR) is 123 cm³/mol. The van der Waals surface area contributed by atoms with Gasteiger partial charge in [0.2, 0.25) is 15.9 Å². The Labute approximate surface area is 190 Å². The fourth-order valence-electron chi connectivity index (χ4n) is 5.36. The summed E-state index contributed by atoms with van der Waals surface area (Å²) in [4.78, 5) is 17.5. The normalized spacial score (nSPS) is 31.3. The van der Waals surface area contributed by atoms with Gasteiger partial charge >= 0.3 is 0 Å². The SMILES string of the molecule is CCc1cc2c(s1)CCO[C@@]21CCN(CC2CC(NC(=O)CNS(C)(=O)=O)C2)[C@@H](C)C1. The molecule has 0 radical (unpaired) electrons. The van der Waals surface area contributed by atoms with Crippen LogP contribution in [0.5, 0.6) is 0 Å². The lowest BCUT2D eigenvalue weighted by molar-refractivity contribution is -0.122. The lowest BCUT2D eigenvalue weighted by atomic mass is 9.76. The summed E-state index contributed by atoms with van der Waals surface area (Å²) in [6, 6.07) is 3.03. The first kappa shape index (κ1) is 23.2. The van der Waals surface area contributed by atoms with Crippen molar-refractivity contribution < 1.29 is 17.9 Å². The summed E-state index contributed by atoms with van der Waals surface area (Å²) in [7, 11) is -3.34. The molecule has 1 aliphatic carbocycles. The molecule has 3 aliphatic rings. The first-order valence-electron chi connectivity index (χ1n) is 11.4. The van der Waals surface area contributed by atoms with Gasteiger partial charge in [0.25, 0.3) is 0 Å². The molecule has 1 saturated carbocycles. The van der Waals surface area contributed by atoms with Gasteiger partial charge in [0.15, 0.2) is 0 Å². The average Bonchev–Trinajstić information content (AvgIpc) is 3.11. The third-order valence-electron chi connectivity index (χ3n) is 7.05. The fraction of sp³-hybridized carbons (Fsp3) is 0.773. The highest BCUT2D eigenvalue weighted by molar-refractivity contribution is 7.88. The Morgan fingerprint density at radius 3 is 2.84 bits per heavy atom. The number of thiophene rings is 1. The Bertz CT molecular complexity index is 910. The number of nitrogens with one attached hydrogen (secondary N) is 2. The maximum atomic E-state index is 11.9. The lowest BCUT2D eigenvalue weighted by Crippen LogP contribution is -2.54. The monoisotopic (exact) mass is 469 g/mol. The summed E-state index contributed by atoms with van der Waals surface area (Å²) in [5, 5.41) is 2.93. The van der Waals surface area contributed by atoms with Gasteiger partial charge in [-0.25, -0.2) is 13.1 Å². The van der Waals surface area contributed by atoms with Crippen molar-refractivity contribution in [2.45, 2.75) is 70.1 Å². The highest BCUT2D eigenvalue weighted by atomic mass is 32.2. The molecule has 2 aliphatic heterocycles. The minimum absolute atomic E-state index is 0.101. The van der Waals surface area contributed by atoms with Crippen LogP contribution in [0.4, 0.5) is 0 Å². The number of fused-ring (bicyclic) bond motifs is 2. The maximum Gasteiger partial charge on any atom is 0.235 e. The highest BCUT2D eigenvalue weighted by Crippen LogP contribution is 2.46. The van der Waals surface area contributed by atoms with Crippen LogP contribution >= 0.6 is 11.3 Å². The van der Waals surface area contributed by atoms with E-state index in [-0.39, 0.29) is 24.1 Å². The smallest absolute Gasteiger partial charge is 0.235 e. The van der Waals surface area contributed by atoms with Gasteiger partial charge in [-0.05, 0) is 56.6 Å². The Hall–Kier alpha value is -1.00. The van der Waals surface area contributed by atoms with E-state index in [0.29, 0.717) is 12.0 Å². The molecule has 3 heterocycles. The number of sulfonamides is 1. The summed E-state index contributed by atoms with van der Waals surface area (Å²) >= 11 is 1.97. The van der Waals surface area contributed by atoms with Gasteiger partial charge in [-0.3, -0.25) is 4.79 Å². The van der Waals surface area contributed by atoms with E-state index in [0.717, 1.165) is 64.5 Å². The molecule has 7 nitrogen and oxygen atoms in total. The minimum Gasteiger partial charge on any atom is -0.370 e. The number of nitrogens with zero attached hydrogens (tertiary/aromatic N) is 1. The second kappa shape index (κ2) is 9.09. The fourth-order valence-corrected chi connectivity index (χ4v) is 6.93. The second-order valence-corrected chi connectivity index (χ2v) is 12.5. The maximum absolute atomic E-state index is 11.9. The topological polar surface area (TPSA) is 87.7 Å². The van der Waals surface area contributed by atoms with Crippen molar-refractivity contribution in [1.82, 2.24) is 14.9 Å². The zero-order valence-corrected chi connectivity index (χ0v) is 20.4. The van der Waals surface area contributed by atoms with Gasteiger partial charge in [-0.2, -0.15) is 0 Å². The lowest BCUT2D eigenvalue weighted by Gasteiger charge is -2.49. The molecule has 1 aromatic heterocycles. The Kier molecular flexibility index (Phi) is 6.80. The Morgan fingerprint density at radius 2 is 2.16 bits per heavy atom. The molecule has 174 valence electrons. The van der Waals surface area contributed by atoms with Crippen LogP contribution in [0.3, 0.4) is 0 Å². The van der Waals surface area contributed by atoms with Crippen molar-refractivity contribution in [3.05, 3.63) is 21.4 Å². The van der Waals surface area contributed by atoms with Gasteiger partial charge in [0.1, 0.15) is 0 Å². The number of amides is 1. The van der Waals surface area contributed by atoms with Crippen molar-refractivity contribution in [3.63, 3.8) is 0 Å². The van der Waals surface area contributed by atoms with Crippen LogP contribution in [0.15, 0.2) is 6.07 Å². The average molecular weight is 470 g/mol. The first-order valence-corrected chi connectivity index (χ1v) is 14.1. The molecule has 4 rings (SSSR count). The zero-order chi connectivity index (χ0) is 22.2. The van der Waals surface area contributed by atoms with E-state index in [2.05, 4.69) is 34.9 Å². The number of hydrogen-bond donors (Lipinski definition) is 2. The molecule has 0 unspecified atom stereocenters. The molecular formula is C22H35N3O4S2. The molecule has 1 aromatic rings. The number of likely N-dealkylation sites (tertiary alicyclic amines) is 1. The van der Waals surface area contributed by atoms with Crippen LogP contribution in [-0.4, -0.2) is 63.8 Å². The second-order valence-electron chi connectivity index (χ2n) is 9.49. The molecule has 0 bridgehead atoms. The number of hydrogen-bond acceptors (Lipinski definition) is 6. The Morgan fingerprint density at radius 1 is 1.39 bits per heavy atom. The van der Waals surface area contributed by atoms with E-state index in [1.165, 1.54) is 15.3 Å². The van der Waals surface area contributed by atoms with E-state index >= 15 is 0 Å². The quantitative estimate of drug-likeness (QED) is 0.638. The number of ether oxygens (including phenoxy) is 1. The van der Waals surface area contributed by atoms with E-state index in [1.54, 1.807) is 0 Å². The highest BCUT2D eigenvalue weighted by Gasteiger charge is 2.45. The molecular weight excluding hydrogens is 434 g/mol. The first-order chi connectivity index (χ1) is 14.7. The molecule has 2 atom stereocenters. The summed E-state index contributed by atoms with van der Waals surface area (Å²) in [5.74, 6) is 0.329. The van der Waals surface area contributed by atoms with Gasteiger partial charge in [0, 0.05) is 41.3 Å². The predicted octanol–water partition coefficient (Wildman–Crippen LogP) is 2.01. The van der Waals surface area contributed by atoms with Crippen molar-refractivity contribution in [2.75, 3.05) is 32.5 Å². The van der Waals surface area contributed by atoms with Crippen molar-refractivity contribution in [3.8, 4) is 0 Å². The summed E-state index contributed by atoms with van der Waals surface area (Å²) < 4.78 is 30.9. The molecule has 2 N–H and O–H groups in total. The van der Waals surface area contributed by atoms with Crippen LogP contribution in [0, 0.1) is 5.92 Å². The van der Waals surface area contributed by atoms with E-state index in [1.807, 2.05) is 11.3 Å². The van der Waals surface area contributed by atoms with E-state index in [9.17, 15) is 13.2 Å². The molecule has 1 amide bonds. The van der Waals surface area contributed by atoms with Crippen LogP contribution < -0.4 is 10.0 Å². The van der Waals surface area contributed by atoms with Crippen LogP contribution in [0.25, 0.3) is 0 Å². The van der Waals surface area contributed by atoms with E-state index in [4.69, 9.17) is 4.74 Å². The number of piperidine rings is 1. The van der Waals surface area contributed by atoms with Crippen molar-refractivity contribution >= 4 is 27.3 Å². The van der Waals surface area contributed by atoms with Crippen molar-refractivity contribution in [2.24, 2.45) is 5.92 Å². The van der Waals surface area contributed by atoms with Gasteiger partial charge in [-0.15, -0.1) is 11.3 Å². The largest absolute Gasteiger partial charge is 0.370 e. The minimum atomic E-state index is -3.34. The molecule has 31 heavy (non-hydrogen) atoms. The van der Waals surface area contributed by atoms with Crippen LogP contribution in [0.2, 0.25) is 0 Å². The third-order valence-corrected chi connectivity index (χ3v) is 9.05. The summed E-state index contributed by atoms with van der Waals surface area (Å²) in [6.07, 6.45) is 7.23. The number of aryl methyl sites for hydroxylation is 1. The van der Waals surface area contributed by atoms with Crippen LogP contribution in [0.1, 0.15) is 54.8 Å². The molecule has 2 fully saturated rings. The number of carbonyl (C=O) groups excluding carboxylic acids is 1.